The number of hydrogen-bond acceptors (Lipinski definition) is 4. The molecule has 0 bridgehead atoms. The summed E-state index contributed by atoms with van der Waals surface area (Å²) in [5.74, 6) is 0.409. The third kappa shape index (κ3) is 4.69. The van der Waals surface area contributed by atoms with Crippen LogP contribution in [0.5, 0.6) is 0 Å². The van der Waals surface area contributed by atoms with E-state index < -0.39 is 11.9 Å². The number of guanidine groups is 1. The summed E-state index contributed by atoms with van der Waals surface area (Å²) in [6, 6.07) is 9.50. The second-order valence-electron chi connectivity index (χ2n) is 6.49. The fourth-order valence-electron chi connectivity index (χ4n) is 3.12. The molecule has 1 aromatic carbocycles. The molecule has 1 atom stereocenters. The second-order valence-corrected chi connectivity index (χ2v) is 6.49. The van der Waals surface area contributed by atoms with Gasteiger partial charge in [0.25, 0.3) is 5.91 Å². The fraction of sp³-hybridized carbons (Fsp3) is 0.400. The van der Waals surface area contributed by atoms with Crippen LogP contribution in [0, 0.1) is 5.82 Å². The molecule has 1 aromatic heterocycles. The molecule has 0 aliphatic carbocycles. The van der Waals surface area contributed by atoms with Gasteiger partial charge in [-0.25, -0.2) is 4.39 Å². The second kappa shape index (κ2) is 9.36. The van der Waals surface area contributed by atoms with Crippen molar-refractivity contribution in [2.24, 2.45) is 4.99 Å². The van der Waals surface area contributed by atoms with E-state index in [0.717, 1.165) is 0 Å². The Balaban J connectivity index is 1.60. The summed E-state index contributed by atoms with van der Waals surface area (Å²) in [5.41, 5.74) is 0.232. The molecule has 28 heavy (non-hydrogen) atoms. The van der Waals surface area contributed by atoms with Crippen molar-refractivity contribution < 1.29 is 18.7 Å². The van der Waals surface area contributed by atoms with E-state index in [4.69, 9.17) is 4.42 Å². The van der Waals surface area contributed by atoms with Crippen LogP contribution in [-0.4, -0.2) is 66.0 Å². The Morgan fingerprint density at radius 1 is 1.21 bits per heavy atom. The number of rotatable bonds is 5. The number of halogens is 1. The lowest BCUT2D eigenvalue weighted by Crippen LogP contribution is -2.53. The lowest BCUT2D eigenvalue weighted by Gasteiger charge is -2.36. The molecule has 1 aliphatic rings. The van der Waals surface area contributed by atoms with Crippen LogP contribution in [0.4, 0.5) is 4.39 Å². The lowest BCUT2D eigenvalue weighted by molar-refractivity contribution is 0.0657. The first-order valence-corrected chi connectivity index (χ1v) is 9.38. The van der Waals surface area contributed by atoms with Crippen molar-refractivity contribution in [3.63, 3.8) is 0 Å². The molecule has 2 N–H and O–H groups in total. The van der Waals surface area contributed by atoms with E-state index in [-0.39, 0.29) is 18.0 Å². The van der Waals surface area contributed by atoms with E-state index in [0.29, 0.717) is 44.4 Å². The predicted octanol–water partition coefficient (Wildman–Crippen LogP) is 1.88. The summed E-state index contributed by atoms with van der Waals surface area (Å²) in [5, 5.41) is 13.5. The first-order chi connectivity index (χ1) is 13.6. The third-order valence-electron chi connectivity index (χ3n) is 4.61. The summed E-state index contributed by atoms with van der Waals surface area (Å²) in [4.78, 5) is 20.6. The minimum Gasteiger partial charge on any atom is -0.459 e. The highest BCUT2D eigenvalue weighted by Gasteiger charge is 2.25. The van der Waals surface area contributed by atoms with Gasteiger partial charge in [-0.15, -0.1) is 0 Å². The topological polar surface area (TPSA) is 81.3 Å². The maximum atomic E-state index is 13.8. The number of aliphatic hydroxyl groups excluding tert-OH is 1. The lowest BCUT2D eigenvalue weighted by atomic mass is 10.1. The predicted molar refractivity (Wildman–Crippen MR) is 104 cm³/mol. The minimum atomic E-state index is -1.02. The summed E-state index contributed by atoms with van der Waals surface area (Å²) in [6.07, 6.45) is 0.469. The van der Waals surface area contributed by atoms with Gasteiger partial charge >= 0.3 is 0 Å². The third-order valence-corrected chi connectivity index (χ3v) is 4.61. The van der Waals surface area contributed by atoms with Gasteiger partial charge in [0.15, 0.2) is 11.7 Å². The molecule has 1 unspecified atom stereocenters. The van der Waals surface area contributed by atoms with E-state index in [1.165, 1.54) is 12.3 Å². The maximum absolute atomic E-state index is 13.8. The largest absolute Gasteiger partial charge is 0.459 e. The monoisotopic (exact) mass is 388 g/mol. The Morgan fingerprint density at radius 3 is 2.57 bits per heavy atom. The molecular formula is C20H25FN4O3. The molecule has 7 nitrogen and oxygen atoms in total. The highest BCUT2D eigenvalue weighted by atomic mass is 19.1. The van der Waals surface area contributed by atoms with Gasteiger partial charge in [-0.1, -0.05) is 18.2 Å². The van der Waals surface area contributed by atoms with Gasteiger partial charge in [0.2, 0.25) is 0 Å². The summed E-state index contributed by atoms with van der Waals surface area (Å²) in [6.45, 7) is 4.97. The van der Waals surface area contributed by atoms with Gasteiger partial charge in [0.05, 0.1) is 12.8 Å². The van der Waals surface area contributed by atoms with Gasteiger partial charge in [-0.05, 0) is 25.1 Å². The molecule has 1 saturated heterocycles. The average molecular weight is 388 g/mol. The van der Waals surface area contributed by atoms with Crippen LogP contribution < -0.4 is 5.32 Å². The summed E-state index contributed by atoms with van der Waals surface area (Å²) >= 11 is 0. The maximum Gasteiger partial charge on any atom is 0.289 e. The quantitative estimate of drug-likeness (QED) is 0.604. The van der Waals surface area contributed by atoms with Crippen LogP contribution in [0.3, 0.4) is 0 Å². The van der Waals surface area contributed by atoms with Crippen LogP contribution in [-0.2, 0) is 0 Å². The van der Waals surface area contributed by atoms with Crippen LogP contribution in [0.15, 0.2) is 52.1 Å². The summed E-state index contributed by atoms with van der Waals surface area (Å²) in [7, 11) is 0. The smallest absolute Gasteiger partial charge is 0.289 e. The van der Waals surface area contributed by atoms with Crippen LogP contribution >= 0.6 is 0 Å². The molecule has 150 valence electrons. The van der Waals surface area contributed by atoms with E-state index in [1.54, 1.807) is 35.2 Å². The molecule has 1 aliphatic heterocycles. The number of amides is 1. The normalized spacial score (nSPS) is 16.2. The van der Waals surface area contributed by atoms with Crippen molar-refractivity contribution in [3.8, 4) is 0 Å². The van der Waals surface area contributed by atoms with E-state index in [9.17, 15) is 14.3 Å². The Labute approximate surface area is 163 Å². The molecule has 0 spiro atoms. The zero-order chi connectivity index (χ0) is 19.9. The van der Waals surface area contributed by atoms with Crippen molar-refractivity contribution >= 4 is 11.9 Å². The van der Waals surface area contributed by atoms with Crippen LogP contribution in [0.25, 0.3) is 0 Å². The Kier molecular flexibility index (Phi) is 6.65. The molecule has 0 radical (unpaired) electrons. The molecule has 0 saturated carbocycles. The van der Waals surface area contributed by atoms with E-state index in [2.05, 4.69) is 10.3 Å². The van der Waals surface area contributed by atoms with Gasteiger partial charge in [0.1, 0.15) is 11.9 Å². The number of hydrogen-bond donors (Lipinski definition) is 2. The average Bonchev–Trinajstić information content (AvgIpc) is 3.26. The Hall–Kier alpha value is -2.87. The molecule has 8 heteroatoms. The summed E-state index contributed by atoms with van der Waals surface area (Å²) < 4.78 is 19.0. The molecule has 2 aromatic rings. The number of carbonyl (C=O) groups is 1. The van der Waals surface area contributed by atoms with Crippen molar-refractivity contribution in [1.82, 2.24) is 15.1 Å². The number of benzene rings is 1. The number of piperazine rings is 1. The number of nitrogens with zero attached hydrogens (tertiary/aromatic N) is 3. The van der Waals surface area contributed by atoms with Crippen molar-refractivity contribution in [3.05, 3.63) is 59.8 Å². The van der Waals surface area contributed by atoms with Crippen LogP contribution in [0.1, 0.15) is 29.1 Å². The van der Waals surface area contributed by atoms with E-state index >= 15 is 0 Å². The Morgan fingerprint density at radius 2 is 1.93 bits per heavy atom. The zero-order valence-electron chi connectivity index (χ0n) is 15.8. The minimum absolute atomic E-state index is 0.0504. The fourth-order valence-corrected chi connectivity index (χ4v) is 3.12. The molecule has 2 heterocycles. The van der Waals surface area contributed by atoms with Crippen molar-refractivity contribution in [1.29, 1.82) is 0 Å². The molecule has 1 fully saturated rings. The number of aliphatic imine (C=N–C) groups is 1. The Bertz CT molecular complexity index is 802. The first kappa shape index (κ1) is 19.9. The van der Waals surface area contributed by atoms with Gasteiger partial charge < -0.3 is 24.6 Å². The van der Waals surface area contributed by atoms with Gasteiger partial charge in [-0.3, -0.25) is 9.79 Å². The zero-order valence-corrected chi connectivity index (χ0v) is 15.8. The number of aliphatic hydroxyl groups is 1. The highest BCUT2D eigenvalue weighted by molar-refractivity contribution is 5.91. The standard InChI is InChI=1S/C20H25FN4O3/c1-2-22-20(23-14-17(26)15-6-3-4-7-16(15)21)25-11-9-24(10-12-25)19(27)18-8-5-13-28-18/h3-8,13,17,26H,2,9-12,14H2,1H3,(H,22,23). The highest BCUT2D eigenvalue weighted by Crippen LogP contribution is 2.17. The van der Waals surface area contributed by atoms with Gasteiger partial charge in [-0.2, -0.15) is 0 Å². The van der Waals surface area contributed by atoms with E-state index in [1.807, 2.05) is 11.8 Å². The van der Waals surface area contributed by atoms with Crippen molar-refractivity contribution in [2.45, 2.75) is 13.0 Å². The number of furan rings is 1. The molecular weight excluding hydrogens is 363 g/mol. The van der Waals surface area contributed by atoms with Gasteiger partial charge in [0, 0.05) is 38.3 Å². The number of nitrogens with one attached hydrogen (secondary N) is 1. The van der Waals surface area contributed by atoms with Crippen molar-refractivity contribution in [2.75, 3.05) is 39.3 Å². The number of carbonyl (C=O) groups excluding carboxylic acids is 1. The molecule has 1 amide bonds. The molecule has 3 rings (SSSR count). The van der Waals surface area contributed by atoms with Crippen LogP contribution in [0.2, 0.25) is 0 Å². The SMILES string of the molecule is CCNC(=NCC(O)c1ccccc1F)N1CCN(C(=O)c2ccco2)CC1. The first-order valence-electron chi connectivity index (χ1n) is 9.38.